The maximum Gasteiger partial charge on any atom is 0.0888 e. The molecule has 6 heteroatoms. The highest BCUT2D eigenvalue weighted by Crippen LogP contribution is 2.41. The summed E-state index contributed by atoms with van der Waals surface area (Å²) >= 11 is 19.1. The second-order valence-corrected chi connectivity index (χ2v) is 7.69. The lowest BCUT2D eigenvalue weighted by Gasteiger charge is -2.13. The summed E-state index contributed by atoms with van der Waals surface area (Å²) in [5, 5.41) is 6.95. The van der Waals surface area contributed by atoms with Crippen LogP contribution in [0.1, 0.15) is 21.4 Å². The molecule has 0 aliphatic carbocycles. The summed E-state index contributed by atoms with van der Waals surface area (Å²) in [4.78, 5) is 2.30. The van der Waals surface area contributed by atoms with Crippen LogP contribution in [-0.4, -0.2) is 7.05 Å². The van der Waals surface area contributed by atoms with E-state index in [-0.39, 0.29) is 6.04 Å². The van der Waals surface area contributed by atoms with Gasteiger partial charge in [-0.1, -0.05) is 23.2 Å². The molecular weight excluding hydrogens is 361 g/mol. The molecule has 1 N–H and O–H groups in total. The minimum atomic E-state index is 0.106. The molecule has 92 valence electrons. The molecule has 0 saturated carbocycles. The Morgan fingerprint density at radius 1 is 1.41 bits per heavy atom. The zero-order chi connectivity index (χ0) is 12.6. The van der Waals surface area contributed by atoms with Gasteiger partial charge in [0.15, 0.2) is 0 Å². The highest BCUT2D eigenvalue weighted by Gasteiger charge is 2.21. The van der Waals surface area contributed by atoms with Crippen LogP contribution in [0.2, 0.25) is 10.0 Å². The van der Waals surface area contributed by atoms with Crippen LogP contribution < -0.4 is 5.32 Å². The van der Waals surface area contributed by atoms with Crippen molar-refractivity contribution in [2.45, 2.75) is 13.0 Å². The van der Waals surface area contributed by atoms with Gasteiger partial charge in [0.05, 0.1) is 19.9 Å². The first kappa shape index (κ1) is 13.8. The van der Waals surface area contributed by atoms with Crippen LogP contribution in [0, 0.1) is 6.92 Å². The molecule has 0 radical (unpaired) electrons. The van der Waals surface area contributed by atoms with Gasteiger partial charge >= 0.3 is 0 Å². The Morgan fingerprint density at radius 2 is 2.12 bits per heavy atom. The van der Waals surface area contributed by atoms with Crippen LogP contribution in [0.25, 0.3) is 0 Å². The number of aryl methyl sites for hydroxylation is 1. The number of halogens is 3. The Balaban J connectivity index is 2.43. The van der Waals surface area contributed by atoms with Crippen LogP contribution in [0.15, 0.2) is 15.2 Å². The molecule has 0 saturated heterocycles. The molecular formula is C11H10BrCl2NS2. The number of hydrogen-bond donors (Lipinski definition) is 1. The van der Waals surface area contributed by atoms with Gasteiger partial charge in [0.2, 0.25) is 0 Å². The molecule has 2 heterocycles. The van der Waals surface area contributed by atoms with E-state index in [2.05, 4.69) is 26.6 Å². The fraction of sp³-hybridized carbons (Fsp3) is 0.273. The summed E-state index contributed by atoms with van der Waals surface area (Å²) < 4.78 is 0.957. The topological polar surface area (TPSA) is 12.0 Å². The van der Waals surface area contributed by atoms with Gasteiger partial charge in [0.1, 0.15) is 0 Å². The predicted molar refractivity (Wildman–Crippen MR) is 82.0 cm³/mol. The Bertz CT molecular complexity index is 516. The predicted octanol–water partition coefficient (Wildman–Crippen LogP) is 5.50. The van der Waals surface area contributed by atoms with Gasteiger partial charge in [0.25, 0.3) is 0 Å². The van der Waals surface area contributed by atoms with E-state index in [9.17, 15) is 0 Å². The van der Waals surface area contributed by atoms with E-state index in [1.165, 1.54) is 0 Å². The molecule has 0 aromatic carbocycles. The van der Waals surface area contributed by atoms with E-state index in [0.29, 0.717) is 0 Å². The normalized spacial score (nSPS) is 13.0. The van der Waals surface area contributed by atoms with Crippen molar-refractivity contribution in [2.75, 3.05) is 7.05 Å². The molecule has 2 aromatic heterocycles. The molecule has 0 fully saturated rings. The highest BCUT2D eigenvalue weighted by atomic mass is 79.9. The van der Waals surface area contributed by atoms with E-state index in [1.54, 1.807) is 22.7 Å². The van der Waals surface area contributed by atoms with E-state index in [1.807, 2.05) is 20.0 Å². The van der Waals surface area contributed by atoms with Crippen molar-refractivity contribution in [3.05, 3.63) is 40.6 Å². The van der Waals surface area contributed by atoms with Crippen molar-refractivity contribution in [2.24, 2.45) is 0 Å². The average Bonchev–Trinajstić information content (AvgIpc) is 2.78. The van der Waals surface area contributed by atoms with Crippen LogP contribution in [0.3, 0.4) is 0 Å². The standard InChI is InChI=1S/C11H10BrCl2NS2/c1-5-4-16-10(8(5)14)9(15-2)7-3-6(13)11(12)17-7/h3-4,9,15H,1-2H3. The number of hydrogen-bond acceptors (Lipinski definition) is 3. The summed E-state index contributed by atoms with van der Waals surface area (Å²) in [6.07, 6.45) is 0. The Morgan fingerprint density at radius 3 is 2.53 bits per heavy atom. The first-order chi connectivity index (χ1) is 8.04. The van der Waals surface area contributed by atoms with Crippen LogP contribution in [-0.2, 0) is 0 Å². The quantitative estimate of drug-likeness (QED) is 0.752. The van der Waals surface area contributed by atoms with E-state index in [4.69, 9.17) is 23.2 Å². The van der Waals surface area contributed by atoms with E-state index >= 15 is 0 Å². The third-order valence-electron chi connectivity index (χ3n) is 2.42. The molecule has 0 aliphatic heterocycles. The molecule has 1 atom stereocenters. The van der Waals surface area contributed by atoms with Crippen molar-refractivity contribution in [1.29, 1.82) is 0 Å². The summed E-state index contributed by atoms with van der Waals surface area (Å²) in [6, 6.07) is 2.08. The fourth-order valence-electron chi connectivity index (χ4n) is 1.55. The molecule has 0 spiro atoms. The van der Waals surface area contributed by atoms with Crippen LogP contribution in [0.4, 0.5) is 0 Å². The van der Waals surface area contributed by atoms with Gasteiger partial charge in [-0.15, -0.1) is 22.7 Å². The smallest absolute Gasteiger partial charge is 0.0888 e. The number of rotatable bonds is 3. The molecule has 1 unspecified atom stereocenters. The molecule has 2 rings (SSSR count). The molecule has 2 aromatic rings. The van der Waals surface area contributed by atoms with Crippen molar-refractivity contribution in [3.63, 3.8) is 0 Å². The zero-order valence-electron chi connectivity index (χ0n) is 9.18. The number of nitrogens with one attached hydrogen (secondary N) is 1. The van der Waals surface area contributed by atoms with Crippen molar-refractivity contribution >= 4 is 61.8 Å². The third kappa shape index (κ3) is 2.72. The summed E-state index contributed by atoms with van der Waals surface area (Å²) in [6.45, 7) is 2.02. The molecule has 0 amide bonds. The van der Waals surface area contributed by atoms with Gasteiger partial charge in [0, 0.05) is 9.75 Å². The van der Waals surface area contributed by atoms with Crippen molar-refractivity contribution < 1.29 is 0 Å². The molecule has 0 aliphatic rings. The first-order valence-electron chi connectivity index (χ1n) is 4.90. The maximum absolute atomic E-state index is 6.31. The average molecular weight is 371 g/mol. The lowest BCUT2D eigenvalue weighted by molar-refractivity contribution is 0.716. The molecule has 1 nitrogen and oxygen atoms in total. The van der Waals surface area contributed by atoms with Crippen LogP contribution >= 0.6 is 61.8 Å². The lowest BCUT2D eigenvalue weighted by Crippen LogP contribution is -2.15. The number of thiophene rings is 2. The summed E-state index contributed by atoms with van der Waals surface area (Å²) in [5.41, 5.74) is 1.12. The van der Waals surface area contributed by atoms with Gasteiger partial charge in [-0.2, -0.15) is 0 Å². The van der Waals surface area contributed by atoms with Crippen molar-refractivity contribution in [3.8, 4) is 0 Å². The van der Waals surface area contributed by atoms with Gasteiger partial charge in [-0.05, 0) is 46.9 Å². The molecule has 17 heavy (non-hydrogen) atoms. The minimum absolute atomic E-state index is 0.106. The molecule has 0 bridgehead atoms. The van der Waals surface area contributed by atoms with Gasteiger partial charge in [-0.3, -0.25) is 0 Å². The first-order valence-corrected chi connectivity index (χ1v) is 8.14. The monoisotopic (exact) mass is 369 g/mol. The van der Waals surface area contributed by atoms with E-state index < -0.39 is 0 Å². The van der Waals surface area contributed by atoms with Gasteiger partial charge < -0.3 is 5.32 Å². The van der Waals surface area contributed by atoms with Crippen LogP contribution in [0.5, 0.6) is 0 Å². The van der Waals surface area contributed by atoms with Crippen molar-refractivity contribution in [1.82, 2.24) is 5.32 Å². The van der Waals surface area contributed by atoms with Gasteiger partial charge in [-0.25, -0.2) is 0 Å². The lowest BCUT2D eigenvalue weighted by atomic mass is 10.2. The largest absolute Gasteiger partial charge is 0.308 e. The highest BCUT2D eigenvalue weighted by molar-refractivity contribution is 9.11. The second kappa shape index (κ2) is 5.59. The Hall–Kier alpha value is 0.420. The third-order valence-corrected chi connectivity index (χ3v) is 6.74. The van der Waals surface area contributed by atoms with E-state index in [0.717, 1.165) is 29.1 Å². The SMILES string of the molecule is CNC(c1cc(Cl)c(Br)s1)c1scc(C)c1Cl. The maximum atomic E-state index is 6.31. The Kier molecular flexibility index (Phi) is 4.55. The fourth-order valence-corrected chi connectivity index (χ4v) is 4.92. The zero-order valence-corrected chi connectivity index (χ0v) is 13.9. The summed E-state index contributed by atoms with van der Waals surface area (Å²) in [7, 11) is 1.93. The minimum Gasteiger partial charge on any atom is -0.308 e. The second-order valence-electron chi connectivity index (χ2n) is 3.59. The summed E-state index contributed by atoms with van der Waals surface area (Å²) in [5.74, 6) is 0. The Labute approximate surface area is 127 Å².